The average Bonchev–Trinajstić information content (AvgIpc) is 2.30. The number of piperazine rings is 1. The van der Waals surface area contributed by atoms with E-state index in [2.05, 4.69) is 4.98 Å². The minimum atomic E-state index is -2.26. The Morgan fingerprint density at radius 2 is 2.00 bits per heavy atom. The molecule has 1 aliphatic heterocycles. The minimum absolute atomic E-state index is 0.149. The molecule has 0 N–H and O–H groups in total. The van der Waals surface area contributed by atoms with E-state index in [9.17, 15) is 8.78 Å². The Kier molecular flexibility index (Phi) is 4.12. The van der Waals surface area contributed by atoms with E-state index in [4.69, 9.17) is 11.6 Å². The Hall–Kier alpha value is -0.940. The van der Waals surface area contributed by atoms with Gasteiger partial charge in [0.1, 0.15) is 5.82 Å². The van der Waals surface area contributed by atoms with Crippen molar-refractivity contribution in [3.05, 3.63) is 23.4 Å². The zero-order chi connectivity index (χ0) is 12.3. The molecule has 0 saturated carbocycles. The second-order valence-corrected chi connectivity index (χ2v) is 4.39. The molecule has 6 heteroatoms. The number of pyridine rings is 1. The average molecular weight is 262 g/mol. The van der Waals surface area contributed by atoms with Crippen molar-refractivity contribution in [1.29, 1.82) is 0 Å². The molecule has 0 aromatic carbocycles. The van der Waals surface area contributed by atoms with Gasteiger partial charge in [-0.15, -0.1) is 0 Å². The van der Waals surface area contributed by atoms with Gasteiger partial charge in [0.25, 0.3) is 6.43 Å². The maximum atomic E-state index is 12.2. The summed E-state index contributed by atoms with van der Waals surface area (Å²) in [6, 6.07) is 3.56. The van der Waals surface area contributed by atoms with Crippen LogP contribution in [-0.2, 0) is 0 Å². The molecule has 3 nitrogen and oxygen atoms in total. The topological polar surface area (TPSA) is 19.4 Å². The third-order valence-corrected chi connectivity index (χ3v) is 3.10. The number of hydrogen-bond donors (Lipinski definition) is 0. The van der Waals surface area contributed by atoms with Crippen LogP contribution in [0.4, 0.5) is 14.6 Å². The van der Waals surface area contributed by atoms with Crippen molar-refractivity contribution in [3.63, 3.8) is 0 Å². The molecule has 2 rings (SSSR count). The Morgan fingerprint density at radius 1 is 1.29 bits per heavy atom. The molecule has 1 saturated heterocycles. The van der Waals surface area contributed by atoms with E-state index < -0.39 is 6.43 Å². The fourth-order valence-corrected chi connectivity index (χ4v) is 2.19. The molecule has 1 aromatic rings. The van der Waals surface area contributed by atoms with Gasteiger partial charge in [0.2, 0.25) is 0 Å². The standard InChI is InChI=1S/C11H14ClF2N3/c12-9-2-1-3-15-11(9)17-6-4-16(5-7-17)8-10(13)14/h1-3,10H,4-8H2. The highest BCUT2D eigenvalue weighted by atomic mass is 35.5. The highest BCUT2D eigenvalue weighted by Gasteiger charge is 2.21. The fourth-order valence-electron chi connectivity index (χ4n) is 1.95. The lowest BCUT2D eigenvalue weighted by atomic mass is 10.3. The summed E-state index contributed by atoms with van der Waals surface area (Å²) in [6.07, 6.45) is -0.577. The van der Waals surface area contributed by atoms with E-state index in [1.165, 1.54) is 0 Å². The maximum absolute atomic E-state index is 12.2. The van der Waals surface area contributed by atoms with E-state index in [1.807, 2.05) is 4.90 Å². The molecule has 1 fully saturated rings. The molecule has 0 radical (unpaired) electrons. The summed E-state index contributed by atoms with van der Waals surface area (Å²) in [4.78, 5) is 8.01. The van der Waals surface area contributed by atoms with E-state index in [0.717, 1.165) is 5.82 Å². The summed E-state index contributed by atoms with van der Waals surface area (Å²) in [7, 11) is 0. The first kappa shape index (κ1) is 12.5. The summed E-state index contributed by atoms with van der Waals surface area (Å²) in [5, 5.41) is 0.606. The summed E-state index contributed by atoms with van der Waals surface area (Å²) in [6.45, 7) is 2.46. The van der Waals surface area contributed by atoms with E-state index in [0.29, 0.717) is 31.2 Å². The van der Waals surface area contributed by atoms with Crippen molar-refractivity contribution in [2.24, 2.45) is 0 Å². The first-order valence-corrected chi connectivity index (χ1v) is 5.90. The molecule has 0 atom stereocenters. The van der Waals surface area contributed by atoms with Gasteiger partial charge in [-0.05, 0) is 12.1 Å². The van der Waals surface area contributed by atoms with Crippen LogP contribution >= 0.6 is 11.6 Å². The molecule has 0 unspecified atom stereocenters. The number of halogens is 3. The number of aromatic nitrogens is 1. The van der Waals surface area contributed by atoms with Gasteiger partial charge in [-0.1, -0.05) is 11.6 Å². The molecular weight excluding hydrogens is 248 g/mol. The third kappa shape index (κ3) is 3.26. The van der Waals surface area contributed by atoms with E-state index in [1.54, 1.807) is 23.2 Å². The monoisotopic (exact) mass is 261 g/mol. The van der Waals surface area contributed by atoms with Crippen LogP contribution in [0.3, 0.4) is 0 Å². The lowest BCUT2D eigenvalue weighted by Gasteiger charge is -2.35. The molecular formula is C11H14ClF2N3. The predicted octanol–water partition coefficient (Wildman–Crippen LogP) is 2.12. The van der Waals surface area contributed by atoms with Crippen LogP contribution in [0.5, 0.6) is 0 Å². The molecule has 0 spiro atoms. The molecule has 1 aromatic heterocycles. The Bertz CT molecular complexity index is 367. The van der Waals surface area contributed by atoms with Gasteiger partial charge in [0.05, 0.1) is 11.6 Å². The second-order valence-electron chi connectivity index (χ2n) is 3.99. The van der Waals surface area contributed by atoms with Crippen LogP contribution in [0, 0.1) is 0 Å². The highest BCUT2D eigenvalue weighted by Crippen LogP contribution is 2.23. The molecule has 0 aliphatic carbocycles. The molecule has 0 amide bonds. The van der Waals surface area contributed by atoms with Crippen molar-refractivity contribution in [2.45, 2.75) is 6.43 Å². The van der Waals surface area contributed by atoms with Gasteiger partial charge in [0.15, 0.2) is 0 Å². The van der Waals surface area contributed by atoms with Crippen LogP contribution in [0.2, 0.25) is 5.02 Å². The van der Waals surface area contributed by atoms with Crippen molar-refractivity contribution < 1.29 is 8.78 Å². The molecule has 17 heavy (non-hydrogen) atoms. The third-order valence-electron chi connectivity index (χ3n) is 2.81. The number of nitrogens with zero attached hydrogens (tertiary/aromatic N) is 3. The lowest BCUT2D eigenvalue weighted by molar-refractivity contribution is 0.0854. The van der Waals surface area contributed by atoms with Crippen molar-refractivity contribution >= 4 is 17.4 Å². The van der Waals surface area contributed by atoms with Crippen LogP contribution in [0.15, 0.2) is 18.3 Å². The van der Waals surface area contributed by atoms with Crippen LogP contribution < -0.4 is 4.90 Å². The van der Waals surface area contributed by atoms with Gasteiger partial charge >= 0.3 is 0 Å². The number of anilines is 1. The van der Waals surface area contributed by atoms with Crippen molar-refractivity contribution in [1.82, 2.24) is 9.88 Å². The first-order chi connectivity index (χ1) is 8.16. The number of alkyl halides is 2. The highest BCUT2D eigenvalue weighted by molar-refractivity contribution is 6.32. The smallest absolute Gasteiger partial charge is 0.251 e. The molecule has 0 bridgehead atoms. The molecule has 2 heterocycles. The molecule has 94 valence electrons. The second kappa shape index (κ2) is 5.60. The quantitative estimate of drug-likeness (QED) is 0.831. The Morgan fingerprint density at radius 3 is 2.59 bits per heavy atom. The summed E-state index contributed by atoms with van der Waals surface area (Å²) < 4.78 is 24.4. The van der Waals surface area contributed by atoms with Crippen LogP contribution in [-0.4, -0.2) is 49.0 Å². The minimum Gasteiger partial charge on any atom is -0.353 e. The van der Waals surface area contributed by atoms with Crippen molar-refractivity contribution in [3.8, 4) is 0 Å². The van der Waals surface area contributed by atoms with Crippen molar-refractivity contribution in [2.75, 3.05) is 37.6 Å². The zero-order valence-corrected chi connectivity index (χ0v) is 10.1. The zero-order valence-electron chi connectivity index (χ0n) is 9.32. The lowest BCUT2D eigenvalue weighted by Crippen LogP contribution is -2.48. The van der Waals surface area contributed by atoms with E-state index >= 15 is 0 Å². The summed E-state index contributed by atoms with van der Waals surface area (Å²) >= 11 is 6.04. The maximum Gasteiger partial charge on any atom is 0.251 e. The Balaban J connectivity index is 1.93. The Labute approximate surface area is 104 Å². The van der Waals surface area contributed by atoms with Gasteiger partial charge in [-0.25, -0.2) is 13.8 Å². The molecule has 1 aliphatic rings. The number of rotatable bonds is 3. The van der Waals surface area contributed by atoms with E-state index in [-0.39, 0.29) is 6.54 Å². The van der Waals surface area contributed by atoms with Gasteiger partial charge in [0, 0.05) is 32.4 Å². The SMILES string of the molecule is FC(F)CN1CCN(c2ncccc2Cl)CC1. The van der Waals surface area contributed by atoms with Crippen LogP contribution in [0.1, 0.15) is 0 Å². The van der Waals surface area contributed by atoms with Gasteiger partial charge in [-0.2, -0.15) is 0 Å². The fraction of sp³-hybridized carbons (Fsp3) is 0.545. The first-order valence-electron chi connectivity index (χ1n) is 5.53. The summed E-state index contributed by atoms with van der Waals surface area (Å²) in [5.41, 5.74) is 0. The number of hydrogen-bond acceptors (Lipinski definition) is 3. The van der Waals surface area contributed by atoms with Gasteiger partial charge < -0.3 is 4.90 Å². The normalized spacial score (nSPS) is 17.8. The van der Waals surface area contributed by atoms with Crippen LogP contribution in [0.25, 0.3) is 0 Å². The van der Waals surface area contributed by atoms with Gasteiger partial charge in [-0.3, -0.25) is 4.90 Å². The largest absolute Gasteiger partial charge is 0.353 e. The summed E-state index contributed by atoms with van der Waals surface area (Å²) in [5.74, 6) is 0.742. The predicted molar refractivity (Wildman–Crippen MR) is 63.9 cm³/mol.